The molecule has 48 valence electrons. The van der Waals surface area contributed by atoms with Gasteiger partial charge < -0.3 is 4.74 Å². The van der Waals surface area contributed by atoms with Gasteiger partial charge >= 0.3 is 12.1 Å². The number of hydrogen-bond acceptors (Lipinski definition) is 4. The summed E-state index contributed by atoms with van der Waals surface area (Å²) in [5.41, 5.74) is 0. The SMILES string of the molecule is COc1ncnc(F)n1. The molecule has 1 heterocycles. The van der Waals surface area contributed by atoms with Crippen molar-refractivity contribution in [1.29, 1.82) is 0 Å². The Morgan fingerprint density at radius 2 is 2.33 bits per heavy atom. The van der Waals surface area contributed by atoms with Crippen molar-refractivity contribution in [1.82, 2.24) is 15.0 Å². The first-order valence-corrected chi connectivity index (χ1v) is 2.21. The lowest BCUT2D eigenvalue weighted by Gasteiger charge is -1.92. The van der Waals surface area contributed by atoms with Crippen LogP contribution in [0.2, 0.25) is 0 Å². The molecule has 0 radical (unpaired) electrons. The van der Waals surface area contributed by atoms with Crippen LogP contribution < -0.4 is 4.74 Å². The Balaban J connectivity index is 2.94. The van der Waals surface area contributed by atoms with Crippen molar-refractivity contribution < 1.29 is 9.13 Å². The molecule has 0 atom stereocenters. The highest BCUT2D eigenvalue weighted by molar-refractivity contribution is 4.86. The standard InChI is InChI=1S/C4H4FN3O/c1-9-4-7-2-6-3(5)8-4/h2H,1H3. The average Bonchev–Trinajstić information content (AvgIpc) is 1.88. The molecule has 0 aliphatic carbocycles. The summed E-state index contributed by atoms with van der Waals surface area (Å²) >= 11 is 0. The molecule has 0 unspecified atom stereocenters. The Bertz CT molecular complexity index is 205. The van der Waals surface area contributed by atoms with Gasteiger partial charge in [0.25, 0.3) is 0 Å². The summed E-state index contributed by atoms with van der Waals surface area (Å²) in [7, 11) is 1.36. The van der Waals surface area contributed by atoms with Crippen molar-refractivity contribution in [2.24, 2.45) is 0 Å². The molecule has 1 aromatic heterocycles. The topological polar surface area (TPSA) is 47.9 Å². The monoisotopic (exact) mass is 129 g/mol. The van der Waals surface area contributed by atoms with Gasteiger partial charge in [-0.2, -0.15) is 14.4 Å². The molecule has 4 nitrogen and oxygen atoms in total. The first kappa shape index (κ1) is 5.87. The smallest absolute Gasteiger partial charge is 0.321 e. The second-order valence-corrected chi connectivity index (χ2v) is 1.24. The second kappa shape index (κ2) is 2.34. The molecule has 0 saturated heterocycles. The van der Waals surface area contributed by atoms with Crippen molar-refractivity contribution in [3.8, 4) is 6.01 Å². The molecule has 1 aromatic rings. The van der Waals surface area contributed by atoms with Crippen molar-refractivity contribution in [2.45, 2.75) is 0 Å². The maximum absolute atomic E-state index is 12.0. The van der Waals surface area contributed by atoms with Gasteiger partial charge in [-0.3, -0.25) is 0 Å². The molecule has 0 bridgehead atoms. The molecular weight excluding hydrogens is 125 g/mol. The molecule has 0 aliphatic heterocycles. The number of aromatic nitrogens is 3. The van der Waals surface area contributed by atoms with E-state index < -0.39 is 6.08 Å². The third-order valence-electron chi connectivity index (χ3n) is 0.703. The summed E-state index contributed by atoms with van der Waals surface area (Å²) in [5, 5.41) is 0. The highest BCUT2D eigenvalue weighted by Gasteiger charge is 1.95. The van der Waals surface area contributed by atoms with Crippen molar-refractivity contribution in [3.63, 3.8) is 0 Å². The third-order valence-corrected chi connectivity index (χ3v) is 0.703. The van der Waals surface area contributed by atoms with Crippen LogP contribution in [0.15, 0.2) is 6.33 Å². The highest BCUT2D eigenvalue weighted by atomic mass is 19.1. The largest absolute Gasteiger partial charge is 0.467 e. The van der Waals surface area contributed by atoms with Crippen LogP contribution in [0.4, 0.5) is 4.39 Å². The van der Waals surface area contributed by atoms with E-state index in [0.717, 1.165) is 6.33 Å². The molecule has 0 aliphatic rings. The van der Waals surface area contributed by atoms with Gasteiger partial charge in [-0.25, -0.2) is 0 Å². The number of nitrogens with zero attached hydrogens (tertiary/aromatic N) is 3. The predicted octanol–water partition coefficient (Wildman–Crippen LogP) is 0.0193. The Labute approximate surface area is 50.7 Å². The Morgan fingerprint density at radius 3 is 2.78 bits per heavy atom. The van der Waals surface area contributed by atoms with E-state index in [2.05, 4.69) is 19.7 Å². The molecule has 0 amide bonds. The summed E-state index contributed by atoms with van der Waals surface area (Å²) in [6.45, 7) is 0. The van der Waals surface area contributed by atoms with Crippen LogP contribution >= 0.6 is 0 Å². The molecule has 0 N–H and O–H groups in total. The molecule has 5 heteroatoms. The van der Waals surface area contributed by atoms with Gasteiger partial charge in [0.2, 0.25) is 0 Å². The van der Waals surface area contributed by atoms with Crippen LogP contribution in [0.25, 0.3) is 0 Å². The lowest BCUT2D eigenvalue weighted by atomic mass is 11.0. The zero-order valence-electron chi connectivity index (χ0n) is 4.71. The molecule has 0 saturated carbocycles. The van der Waals surface area contributed by atoms with E-state index in [1.807, 2.05) is 0 Å². The van der Waals surface area contributed by atoms with Crippen LogP contribution in [-0.2, 0) is 0 Å². The second-order valence-electron chi connectivity index (χ2n) is 1.24. The van der Waals surface area contributed by atoms with Gasteiger partial charge in [0, 0.05) is 0 Å². The normalized spacial score (nSPS) is 9.11. The van der Waals surface area contributed by atoms with E-state index in [1.165, 1.54) is 7.11 Å². The Kier molecular flexibility index (Phi) is 1.53. The molecule has 0 fully saturated rings. The zero-order chi connectivity index (χ0) is 6.69. The zero-order valence-corrected chi connectivity index (χ0v) is 4.71. The summed E-state index contributed by atoms with van der Waals surface area (Å²) in [6, 6.07) is -0.0116. The Morgan fingerprint density at radius 1 is 1.56 bits per heavy atom. The van der Waals surface area contributed by atoms with Gasteiger partial charge in [-0.05, 0) is 0 Å². The summed E-state index contributed by atoms with van der Waals surface area (Å²) in [5.74, 6) is 0. The molecule has 9 heavy (non-hydrogen) atoms. The van der Waals surface area contributed by atoms with Crippen molar-refractivity contribution in [3.05, 3.63) is 12.4 Å². The van der Waals surface area contributed by atoms with Crippen LogP contribution in [0.5, 0.6) is 6.01 Å². The minimum Gasteiger partial charge on any atom is -0.467 e. The van der Waals surface area contributed by atoms with Gasteiger partial charge in [-0.15, -0.1) is 4.98 Å². The minimum atomic E-state index is -0.832. The fraction of sp³-hybridized carbons (Fsp3) is 0.250. The summed E-state index contributed by atoms with van der Waals surface area (Å²) in [4.78, 5) is 9.77. The van der Waals surface area contributed by atoms with Crippen LogP contribution in [-0.4, -0.2) is 22.1 Å². The molecular formula is C4H4FN3O. The third kappa shape index (κ3) is 1.31. The van der Waals surface area contributed by atoms with E-state index in [0.29, 0.717) is 0 Å². The fourth-order valence-electron chi connectivity index (χ4n) is 0.361. The average molecular weight is 129 g/mol. The van der Waals surface area contributed by atoms with Crippen LogP contribution in [0.3, 0.4) is 0 Å². The maximum Gasteiger partial charge on any atom is 0.321 e. The number of hydrogen-bond donors (Lipinski definition) is 0. The quantitative estimate of drug-likeness (QED) is 0.536. The number of halogens is 1. The van der Waals surface area contributed by atoms with E-state index in [9.17, 15) is 4.39 Å². The lowest BCUT2D eigenvalue weighted by Crippen LogP contribution is -1.95. The number of methoxy groups -OCH3 is 1. The van der Waals surface area contributed by atoms with Gasteiger partial charge in [0.05, 0.1) is 7.11 Å². The van der Waals surface area contributed by atoms with Crippen molar-refractivity contribution in [2.75, 3.05) is 7.11 Å². The van der Waals surface area contributed by atoms with E-state index in [4.69, 9.17) is 0 Å². The minimum absolute atomic E-state index is 0.0116. The van der Waals surface area contributed by atoms with Crippen molar-refractivity contribution >= 4 is 0 Å². The maximum atomic E-state index is 12.0. The van der Waals surface area contributed by atoms with Gasteiger partial charge in [0.1, 0.15) is 6.33 Å². The van der Waals surface area contributed by atoms with E-state index >= 15 is 0 Å². The first-order chi connectivity index (χ1) is 4.33. The van der Waals surface area contributed by atoms with Gasteiger partial charge in [-0.1, -0.05) is 0 Å². The Hall–Kier alpha value is -1.26. The van der Waals surface area contributed by atoms with Gasteiger partial charge in [0.15, 0.2) is 0 Å². The first-order valence-electron chi connectivity index (χ1n) is 2.21. The number of ether oxygens (including phenoxy) is 1. The predicted molar refractivity (Wildman–Crippen MR) is 26.3 cm³/mol. The molecule has 0 spiro atoms. The highest BCUT2D eigenvalue weighted by Crippen LogP contribution is 1.95. The van der Waals surface area contributed by atoms with E-state index in [1.54, 1.807) is 0 Å². The fourth-order valence-corrected chi connectivity index (χ4v) is 0.361. The summed E-state index contributed by atoms with van der Waals surface area (Å²) in [6.07, 6.45) is 0.211. The van der Waals surface area contributed by atoms with E-state index in [-0.39, 0.29) is 6.01 Å². The van der Waals surface area contributed by atoms with Crippen LogP contribution in [0.1, 0.15) is 0 Å². The number of rotatable bonds is 1. The summed E-state index contributed by atoms with van der Waals surface area (Å²) < 4.78 is 16.5. The lowest BCUT2D eigenvalue weighted by molar-refractivity contribution is 0.362. The molecule has 0 aromatic carbocycles. The van der Waals surface area contributed by atoms with Crippen LogP contribution in [0, 0.1) is 6.08 Å². The molecule has 1 rings (SSSR count).